The molecule has 3 amide bonds. The van der Waals surface area contributed by atoms with Gasteiger partial charge in [0.2, 0.25) is 5.91 Å². The minimum atomic E-state index is -0.955. The number of carbonyl (C=O) groups excluding carboxylic acids is 2. The lowest BCUT2D eigenvalue weighted by Gasteiger charge is -2.27. The van der Waals surface area contributed by atoms with E-state index in [4.69, 9.17) is 5.11 Å². The average molecular weight is 299 g/mol. The second-order valence-corrected chi connectivity index (χ2v) is 5.88. The summed E-state index contributed by atoms with van der Waals surface area (Å²) in [5.41, 5.74) is 0. The molecule has 1 aliphatic heterocycles. The van der Waals surface area contributed by atoms with Crippen LogP contribution in [0.15, 0.2) is 0 Å². The zero-order chi connectivity index (χ0) is 16.2. The predicted molar refractivity (Wildman–Crippen MR) is 77.8 cm³/mol. The Bertz CT molecular complexity index is 411. The highest BCUT2D eigenvalue weighted by Gasteiger charge is 2.35. The van der Waals surface area contributed by atoms with Gasteiger partial charge in [-0.2, -0.15) is 0 Å². The molecule has 3 N–H and O–H groups in total. The molecule has 1 rings (SSSR count). The van der Waals surface area contributed by atoms with E-state index in [9.17, 15) is 14.4 Å². The summed E-state index contributed by atoms with van der Waals surface area (Å²) < 4.78 is 0. The van der Waals surface area contributed by atoms with Gasteiger partial charge in [-0.1, -0.05) is 0 Å². The van der Waals surface area contributed by atoms with Crippen molar-refractivity contribution < 1.29 is 19.5 Å². The summed E-state index contributed by atoms with van der Waals surface area (Å²) in [5, 5.41) is 14.4. The molecule has 0 aromatic rings. The van der Waals surface area contributed by atoms with E-state index >= 15 is 0 Å². The number of rotatable bonds is 5. The number of carbonyl (C=O) groups is 3. The molecule has 120 valence electrons. The molecule has 1 saturated heterocycles. The molecule has 0 radical (unpaired) electrons. The van der Waals surface area contributed by atoms with Crippen molar-refractivity contribution >= 4 is 17.9 Å². The van der Waals surface area contributed by atoms with Crippen LogP contribution in [0.5, 0.6) is 0 Å². The van der Waals surface area contributed by atoms with Crippen LogP contribution in [0.25, 0.3) is 0 Å². The van der Waals surface area contributed by atoms with Crippen molar-refractivity contribution in [1.82, 2.24) is 15.5 Å². The highest BCUT2D eigenvalue weighted by Crippen LogP contribution is 2.18. The van der Waals surface area contributed by atoms with Crippen LogP contribution in [-0.2, 0) is 9.59 Å². The predicted octanol–water partition coefficient (Wildman–Crippen LogP) is 0.794. The van der Waals surface area contributed by atoms with Gasteiger partial charge in [-0.05, 0) is 40.5 Å². The van der Waals surface area contributed by atoms with Gasteiger partial charge in [-0.15, -0.1) is 0 Å². The van der Waals surface area contributed by atoms with Crippen LogP contribution in [0.3, 0.4) is 0 Å². The fourth-order valence-electron chi connectivity index (χ4n) is 2.27. The molecule has 7 heteroatoms. The summed E-state index contributed by atoms with van der Waals surface area (Å²) in [6.45, 7) is 7.47. The van der Waals surface area contributed by atoms with Crippen LogP contribution in [0.4, 0.5) is 4.79 Å². The molecule has 0 bridgehead atoms. The fraction of sp³-hybridized carbons (Fsp3) is 0.786. The van der Waals surface area contributed by atoms with E-state index in [0.717, 1.165) is 6.42 Å². The van der Waals surface area contributed by atoms with Crippen LogP contribution in [-0.4, -0.2) is 52.6 Å². The number of likely N-dealkylation sites (tertiary alicyclic amines) is 1. The van der Waals surface area contributed by atoms with E-state index in [-0.39, 0.29) is 18.0 Å². The van der Waals surface area contributed by atoms with Gasteiger partial charge in [0.05, 0.1) is 5.92 Å². The van der Waals surface area contributed by atoms with Crippen LogP contribution in [0.1, 0.15) is 40.5 Å². The Hall–Kier alpha value is -1.79. The van der Waals surface area contributed by atoms with E-state index in [1.165, 1.54) is 4.90 Å². The smallest absolute Gasteiger partial charge is 0.318 e. The molecule has 1 heterocycles. The Kier molecular flexibility index (Phi) is 5.99. The number of nitrogens with one attached hydrogen (secondary N) is 2. The molecule has 1 aliphatic rings. The van der Waals surface area contributed by atoms with Crippen molar-refractivity contribution in [3.63, 3.8) is 0 Å². The van der Waals surface area contributed by atoms with E-state index < -0.39 is 24.0 Å². The van der Waals surface area contributed by atoms with Gasteiger partial charge >= 0.3 is 12.0 Å². The van der Waals surface area contributed by atoms with E-state index in [0.29, 0.717) is 13.0 Å². The van der Waals surface area contributed by atoms with Crippen molar-refractivity contribution in [3.05, 3.63) is 0 Å². The van der Waals surface area contributed by atoms with Crippen molar-refractivity contribution in [2.75, 3.05) is 6.54 Å². The topological polar surface area (TPSA) is 98.7 Å². The Labute approximate surface area is 125 Å². The van der Waals surface area contributed by atoms with Gasteiger partial charge in [0.25, 0.3) is 0 Å². The number of urea groups is 1. The number of hydrogen-bond donors (Lipinski definition) is 3. The molecular weight excluding hydrogens is 274 g/mol. The molecule has 0 saturated carbocycles. The number of aliphatic carboxylic acids is 1. The number of hydrogen-bond acceptors (Lipinski definition) is 3. The summed E-state index contributed by atoms with van der Waals surface area (Å²) >= 11 is 0. The number of nitrogens with zero attached hydrogens (tertiary/aromatic N) is 1. The maximum atomic E-state index is 12.3. The summed E-state index contributed by atoms with van der Waals surface area (Å²) in [6, 6.07) is -1.24. The Morgan fingerprint density at radius 3 is 2.29 bits per heavy atom. The van der Waals surface area contributed by atoms with Gasteiger partial charge in [0, 0.05) is 18.6 Å². The number of carboxylic acid groups (broad SMARTS) is 1. The molecule has 2 unspecified atom stereocenters. The summed E-state index contributed by atoms with van der Waals surface area (Å²) in [5.74, 6) is -1.91. The van der Waals surface area contributed by atoms with Crippen LogP contribution >= 0.6 is 0 Å². The molecule has 7 nitrogen and oxygen atoms in total. The SMILES string of the molecule is CC(C)NC(=O)N1CCC[C@H]1C(=O)NC(C)C(C)C(=O)O. The van der Waals surface area contributed by atoms with Gasteiger partial charge in [0.1, 0.15) is 6.04 Å². The number of amides is 3. The lowest BCUT2D eigenvalue weighted by Crippen LogP contribution is -2.53. The molecule has 0 aromatic heterocycles. The normalized spacial score (nSPS) is 21.0. The first-order chi connectivity index (χ1) is 9.73. The highest BCUT2D eigenvalue weighted by atomic mass is 16.4. The number of carboxylic acids is 1. The Balaban J connectivity index is 2.64. The highest BCUT2D eigenvalue weighted by molar-refractivity contribution is 5.88. The summed E-state index contributed by atoms with van der Waals surface area (Å²) in [4.78, 5) is 36.7. The molecule has 1 fully saturated rings. The molecule has 0 spiro atoms. The lowest BCUT2D eigenvalue weighted by molar-refractivity contribution is -0.142. The molecule has 21 heavy (non-hydrogen) atoms. The second-order valence-electron chi connectivity index (χ2n) is 5.88. The third kappa shape index (κ3) is 4.61. The molecule has 0 aromatic carbocycles. The minimum absolute atomic E-state index is 0.00719. The Morgan fingerprint density at radius 2 is 1.76 bits per heavy atom. The second kappa shape index (κ2) is 7.28. The quantitative estimate of drug-likeness (QED) is 0.699. The standard InChI is InChI=1S/C14H25N3O4/c1-8(2)15-14(21)17-7-5-6-11(17)12(18)16-10(4)9(3)13(19)20/h8-11H,5-7H2,1-4H3,(H,15,21)(H,16,18)(H,19,20)/t9?,10?,11-/m0/s1. The first-order valence-electron chi connectivity index (χ1n) is 7.34. The van der Waals surface area contributed by atoms with Gasteiger partial charge in [-0.3, -0.25) is 9.59 Å². The van der Waals surface area contributed by atoms with E-state index in [1.54, 1.807) is 13.8 Å². The van der Waals surface area contributed by atoms with Crippen LogP contribution in [0, 0.1) is 5.92 Å². The van der Waals surface area contributed by atoms with E-state index in [1.807, 2.05) is 13.8 Å². The third-order valence-corrected chi connectivity index (χ3v) is 3.74. The molecule has 3 atom stereocenters. The average Bonchev–Trinajstić information content (AvgIpc) is 2.85. The lowest BCUT2D eigenvalue weighted by atomic mass is 10.0. The maximum Gasteiger partial charge on any atom is 0.318 e. The molecular formula is C14H25N3O4. The summed E-state index contributed by atoms with van der Waals surface area (Å²) in [7, 11) is 0. The Morgan fingerprint density at radius 1 is 1.14 bits per heavy atom. The molecule has 0 aliphatic carbocycles. The zero-order valence-corrected chi connectivity index (χ0v) is 13.0. The maximum absolute atomic E-state index is 12.3. The van der Waals surface area contributed by atoms with Gasteiger partial charge in [0.15, 0.2) is 0 Å². The first kappa shape index (κ1) is 17.3. The zero-order valence-electron chi connectivity index (χ0n) is 13.0. The van der Waals surface area contributed by atoms with Crippen molar-refractivity contribution in [2.45, 2.75) is 58.7 Å². The van der Waals surface area contributed by atoms with Crippen LogP contribution in [0.2, 0.25) is 0 Å². The van der Waals surface area contributed by atoms with Gasteiger partial charge < -0.3 is 20.6 Å². The largest absolute Gasteiger partial charge is 0.481 e. The monoisotopic (exact) mass is 299 g/mol. The van der Waals surface area contributed by atoms with Crippen molar-refractivity contribution in [2.24, 2.45) is 5.92 Å². The third-order valence-electron chi connectivity index (χ3n) is 3.74. The first-order valence-corrected chi connectivity index (χ1v) is 7.34. The van der Waals surface area contributed by atoms with Crippen molar-refractivity contribution in [1.29, 1.82) is 0 Å². The van der Waals surface area contributed by atoms with E-state index in [2.05, 4.69) is 10.6 Å². The fourth-order valence-corrected chi connectivity index (χ4v) is 2.27. The minimum Gasteiger partial charge on any atom is -0.481 e. The van der Waals surface area contributed by atoms with Crippen LogP contribution < -0.4 is 10.6 Å². The van der Waals surface area contributed by atoms with Gasteiger partial charge in [-0.25, -0.2) is 4.79 Å². The summed E-state index contributed by atoms with van der Waals surface area (Å²) in [6.07, 6.45) is 1.37. The van der Waals surface area contributed by atoms with Crippen molar-refractivity contribution in [3.8, 4) is 0 Å².